The van der Waals surface area contributed by atoms with Gasteiger partial charge in [0.1, 0.15) is 5.75 Å². The van der Waals surface area contributed by atoms with Crippen LogP contribution in [0.15, 0.2) is 12.1 Å². The van der Waals surface area contributed by atoms with E-state index in [9.17, 15) is 0 Å². The second kappa shape index (κ2) is 6.76. The van der Waals surface area contributed by atoms with Gasteiger partial charge in [0, 0.05) is 12.6 Å². The first-order valence-corrected chi connectivity index (χ1v) is 6.51. The highest BCUT2D eigenvalue weighted by Crippen LogP contribution is 2.29. The van der Waals surface area contributed by atoms with Gasteiger partial charge in [0.15, 0.2) is 0 Å². The molecule has 0 saturated heterocycles. The normalized spacial score (nSPS) is 12.8. The summed E-state index contributed by atoms with van der Waals surface area (Å²) < 4.78 is 5.43. The number of aliphatic hydroxyl groups is 1. The molecule has 0 aliphatic heterocycles. The lowest BCUT2D eigenvalue weighted by Gasteiger charge is -2.17. The number of hydrogen-bond donors (Lipinski definition) is 2. The standard InChI is InChI=1S/C15H25NO2/c1-10(2)14-7-13(8-16-12(4)9-17)11(3)6-15(14)18-5/h6-7,10,12,16-17H,8-9H2,1-5H3. The van der Waals surface area contributed by atoms with Gasteiger partial charge < -0.3 is 15.2 Å². The molecule has 0 spiro atoms. The van der Waals surface area contributed by atoms with E-state index >= 15 is 0 Å². The van der Waals surface area contributed by atoms with E-state index in [1.807, 2.05) is 6.92 Å². The summed E-state index contributed by atoms with van der Waals surface area (Å²) in [6, 6.07) is 4.42. The lowest BCUT2D eigenvalue weighted by molar-refractivity contribution is 0.251. The Bertz CT molecular complexity index is 388. The molecule has 0 aliphatic rings. The lowest BCUT2D eigenvalue weighted by Crippen LogP contribution is -2.29. The molecule has 0 aromatic heterocycles. The molecular formula is C15H25NO2. The minimum atomic E-state index is 0.119. The zero-order valence-electron chi connectivity index (χ0n) is 12.1. The molecule has 1 rings (SSSR count). The zero-order valence-corrected chi connectivity index (χ0v) is 12.1. The number of aliphatic hydroxyl groups excluding tert-OH is 1. The summed E-state index contributed by atoms with van der Waals surface area (Å²) in [5, 5.41) is 12.3. The first kappa shape index (κ1) is 15.0. The third-order valence-electron chi connectivity index (χ3n) is 3.23. The van der Waals surface area contributed by atoms with Crippen molar-refractivity contribution in [2.24, 2.45) is 0 Å². The predicted molar refractivity (Wildman–Crippen MR) is 75.2 cm³/mol. The maximum Gasteiger partial charge on any atom is 0.122 e. The molecule has 1 aromatic carbocycles. The van der Waals surface area contributed by atoms with Crippen molar-refractivity contribution < 1.29 is 9.84 Å². The molecule has 0 fully saturated rings. The smallest absolute Gasteiger partial charge is 0.122 e. The fourth-order valence-corrected chi connectivity index (χ4v) is 1.91. The maximum atomic E-state index is 9.02. The topological polar surface area (TPSA) is 41.5 Å². The Morgan fingerprint density at radius 3 is 2.44 bits per heavy atom. The number of ether oxygens (including phenoxy) is 1. The largest absolute Gasteiger partial charge is 0.496 e. The van der Waals surface area contributed by atoms with E-state index in [2.05, 4.69) is 38.2 Å². The average molecular weight is 251 g/mol. The summed E-state index contributed by atoms with van der Waals surface area (Å²) in [5.41, 5.74) is 3.71. The summed E-state index contributed by atoms with van der Waals surface area (Å²) in [4.78, 5) is 0. The van der Waals surface area contributed by atoms with Crippen molar-refractivity contribution in [2.75, 3.05) is 13.7 Å². The van der Waals surface area contributed by atoms with Crippen molar-refractivity contribution in [3.05, 3.63) is 28.8 Å². The summed E-state index contributed by atoms with van der Waals surface area (Å²) >= 11 is 0. The van der Waals surface area contributed by atoms with E-state index in [1.54, 1.807) is 7.11 Å². The monoisotopic (exact) mass is 251 g/mol. The van der Waals surface area contributed by atoms with Crippen molar-refractivity contribution >= 4 is 0 Å². The number of benzene rings is 1. The summed E-state index contributed by atoms with van der Waals surface area (Å²) in [6.45, 7) is 9.33. The van der Waals surface area contributed by atoms with Crippen LogP contribution in [0.2, 0.25) is 0 Å². The molecule has 0 bridgehead atoms. The number of nitrogens with one attached hydrogen (secondary N) is 1. The first-order valence-electron chi connectivity index (χ1n) is 6.51. The molecule has 3 nitrogen and oxygen atoms in total. The highest BCUT2D eigenvalue weighted by molar-refractivity contribution is 5.43. The van der Waals surface area contributed by atoms with Crippen LogP contribution in [0.5, 0.6) is 5.75 Å². The third-order valence-corrected chi connectivity index (χ3v) is 3.23. The van der Waals surface area contributed by atoms with Crippen molar-refractivity contribution in [3.8, 4) is 5.75 Å². The van der Waals surface area contributed by atoms with Gasteiger partial charge in [-0.25, -0.2) is 0 Å². The molecule has 3 heteroatoms. The minimum absolute atomic E-state index is 0.119. The van der Waals surface area contributed by atoms with Gasteiger partial charge in [-0.15, -0.1) is 0 Å². The van der Waals surface area contributed by atoms with Crippen LogP contribution in [0.3, 0.4) is 0 Å². The van der Waals surface area contributed by atoms with Gasteiger partial charge in [0.05, 0.1) is 13.7 Å². The SMILES string of the molecule is COc1cc(C)c(CNC(C)CO)cc1C(C)C. The molecule has 1 unspecified atom stereocenters. The number of rotatable bonds is 6. The van der Waals surface area contributed by atoms with Gasteiger partial charge in [0.2, 0.25) is 0 Å². The van der Waals surface area contributed by atoms with E-state index < -0.39 is 0 Å². The third kappa shape index (κ3) is 3.72. The fourth-order valence-electron chi connectivity index (χ4n) is 1.91. The van der Waals surface area contributed by atoms with Crippen LogP contribution >= 0.6 is 0 Å². The second-order valence-corrected chi connectivity index (χ2v) is 5.14. The molecule has 0 amide bonds. The van der Waals surface area contributed by atoms with Crippen LogP contribution in [0, 0.1) is 6.92 Å². The highest BCUT2D eigenvalue weighted by Gasteiger charge is 2.11. The van der Waals surface area contributed by atoms with Gasteiger partial charge in [-0.05, 0) is 42.5 Å². The van der Waals surface area contributed by atoms with Gasteiger partial charge in [0.25, 0.3) is 0 Å². The van der Waals surface area contributed by atoms with Crippen LogP contribution in [0.1, 0.15) is 43.4 Å². The Morgan fingerprint density at radius 2 is 1.94 bits per heavy atom. The van der Waals surface area contributed by atoms with Gasteiger partial charge >= 0.3 is 0 Å². The molecule has 0 radical (unpaired) electrons. The van der Waals surface area contributed by atoms with Gasteiger partial charge in [-0.1, -0.05) is 19.9 Å². The fraction of sp³-hybridized carbons (Fsp3) is 0.600. The van der Waals surface area contributed by atoms with Crippen LogP contribution in [-0.4, -0.2) is 24.9 Å². The Labute approximate surface area is 110 Å². The molecule has 0 saturated carbocycles. The number of aryl methyl sites for hydroxylation is 1. The zero-order chi connectivity index (χ0) is 13.7. The van der Waals surface area contributed by atoms with E-state index in [0.29, 0.717) is 5.92 Å². The van der Waals surface area contributed by atoms with Crippen molar-refractivity contribution in [3.63, 3.8) is 0 Å². The highest BCUT2D eigenvalue weighted by atomic mass is 16.5. The summed E-state index contributed by atoms with van der Waals surface area (Å²) in [7, 11) is 1.71. The maximum absolute atomic E-state index is 9.02. The minimum Gasteiger partial charge on any atom is -0.496 e. The predicted octanol–water partition coefficient (Wildman–Crippen LogP) is 2.60. The van der Waals surface area contributed by atoms with Crippen molar-refractivity contribution in [2.45, 2.75) is 46.2 Å². The molecule has 1 aromatic rings. The van der Waals surface area contributed by atoms with E-state index in [4.69, 9.17) is 9.84 Å². The van der Waals surface area contributed by atoms with Gasteiger partial charge in [-0.3, -0.25) is 0 Å². The molecular weight excluding hydrogens is 226 g/mol. The van der Waals surface area contributed by atoms with E-state index in [1.165, 1.54) is 16.7 Å². The first-order chi connectivity index (χ1) is 8.49. The Morgan fingerprint density at radius 1 is 1.28 bits per heavy atom. The number of methoxy groups -OCH3 is 1. The van der Waals surface area contributed by atoms with Crippen molar-refractivity contribution in [1.82, 2.24) is 5.32 Å². The van der Waals surface area contributed by atoms with Crippen molar-refractivity contribution in [1.29, 1.82) is 0 Å². The van der Waals surface area contributed by atoms with Crippen LogP contribution in [-0.2, 0) is 6.54 Å². The van der Waals surface area contributed by atoms with E-state index in [0.717, 1.165) is 12.3 Å². The molecule has 0 heterocycles. The van der Waals surface area contributed by atoms with Crippen LogP contribution < -0.4 is 10.1 Å². The van der Waals surface area contributed by atoms with Gasteiger partial charge in [-0.2, -0.15) is 0 Å². The van der Waals surface area contributed by atoms with Crippen LogP contribution in [0.25, 0.3) is 0 Å². The number of hydrogen-bond acceptors (Lipinski definition) is 3. The lowest BCUT2D eigenvalue weighted by atomic mass is 9.96. The average Bonchev–Trinajstić information content (AvgIpc) is 2.35. The summed E-state index contributed by atoms with van der Waals surface area (Å²) in [5.74, 6) is 1.40. The molecule has 2 N–H and O–H groups in total. The van der Waals surface area contributed by atoms with Crippen LogP contribution in [0.4, 0.5) is 0 Å². The Balaban J connectivity index is 2.95. The Kier molecular flexibility index (Phi) is 5.63. The molecule has 1 atom stereocenters. The molecule has 102 valence electrons. The quantitative estimate of drug-likeness (QED) is 0.816. The molecule has 0 aliphatic carbocycles. The second-order valence-electron chi connectivity index (χ2n) is 5.14. The van der Waals surface area contributed by atoms with E-state index in [-0.39, 0.29) is 12.6 Å². The Hall–Kier alpha value is -1.06. The molecule has 18 heavy (non-hydrogen) atoms. The summed E-state index contributed by atoms with van der Waals surface area (Å²) in [6.07, 6.45) is 0.